The molecule has 0 aromatic heterocycles. The van der Waals surface area contributed by atoms with E-state index in [1.54, 1.807) is 0 Å². The Labute approximate surface area is 99.9 Å². The van der Waals surface area contributed by atoms with Crippen LogP contribution in [-0.2, 0) is 9.53 Å². The van der Waals surface area contributed by atoms with E-state index >= 15 is 0 Å². The van der Waals surface area contributed by atoms with Gasteiger partial charge in [-0.2, -0.15) is 0 Å². The summed E-state index contributed by atoms with van der Waals surface area (Å²) in [7, 11) is 1.51. The van der Waals surface area contributed by atoms with Crippen LogP contribution < -0.4 is 11.1 Å². The Kier molecular flexibility index (Phi) is 5.17. The molecule has 7 heteroatoms. The number of carboxylic acids is 1. The van der Waals surface area contributed by atoms with Crippen LogP contribution in [0.15, 0.2) is 0 Å². The van der Waals surface area contributed by atoms with Gasteiger partial charge in [-0.25, -0.2) is 9.59 Å². The minimum atomic E-state index is -1.00. The SMILES string of the molecule is COC1CC(C(=O)O)N(C(=O)NCCCN)C1. The van der Waals surface area contributed by atoms with Crippen molar-refractivity contribution in [3.63, 3.8) is 0 Å². The molecule has 4 N–H and O–H groups in total. The monoisotopic (exact) mass is 245 g/mol. The number of hydrogen-bond donors (Lipinski definition) is 3. The molecule has 0 radical (unpaired) electrons. The van der Waals surface area contributed by atoms with E-state index in [2.05, 4.69) is 5.32 Å². The van der Waals surface area contributed by atoms with Crippen molar-refractivity contribution >= 4 is 12.0 Å². The number of hydrogen-bond acceptors (Lipinski definition) is 4. The van der Waals surface area contributed by atoms with E-state index in [9.17, 15) is 9.59 Å². The lowest BCUT2D eigenvalue weighted by molar-refractivity contribution is -0.141. The van der Waals surface area contributed by atoms with Gasteiger partial charge in [0.05, 0.1) is 6.10 Å². The molecule has 1 heterocycles. The molecule has 0 aliphatic carbocycles. The van der Waals surface area contributed by atoms with Crippen molar-refractivity contribution in [2.45, 2.75) is 25.0 Å². The molecule has 0 aromatic carbocycles. The highest BCUT2D eigenvalue weighted by Crippen LogP contribution is 2.20. The maximum Gasteiger partial charge on any atom is 0.326 e. The lowest BCUT2D eigenvalue weighted by atomic mass is 10.2. The van der Waals surface area contributed by atoms with Gasteiger partial charge in [0.1, 0.15) is 6.04 Å². The van der Waals surface area contributed by atoms with E-state index in [4.69, 9.17) is 15.6 Å². The lowest BCUT2D eigenvalue weighted by Gasteiger charge is -2.21. The number of urea groups is 1. The van der Waals surface area contributed by atoms with Gasteiger partial charge in [-0.15, -0.1) is 0 Å². The first-order valence-electron chi connectivity index (χ1n) is 5.60. The van der Waals surface area contributed by atoms with Gasteiger partial charge < -0.3 is 25.8 Å². The first-order chi connectivity index (χ1) is 8.10. The Hall–Kier alpha value is -1.34. The average Bonchev–Trinajstić information content (AvgIpc) is 2.73. The molecular weight excluding hydrogens is 226 g/mol. The second-order valence-electron chi connectivity index (χ2n) is 3.97. The van der Waals surface area contributed by atoms with Crippen molar-refractivity contribution in [3.05, 3.63) is 0 Å². The van der Waals surface area contributed by atoms with Crippen molar-refractivity contribution in [1.29, 1.82) is 0 Å². The minimum Gasteiger partial charge on any atom is -0.480 e. The molecule has 0 aromatic rings. The van der Waals surface area contributed by atoms with Crippen LogP contribution >= 0.6 is 0 Å². The number of methoxy groups -OCH3 is 1. The van der Waals surface area contributed by atoms with Crippen molar-refractivity contribution in [1.82, 2.24) is 10.2 Å². The summed E-state index contributed by atoms with van der Waals surface area (Å²) >= 11 is 0. The number of carbonyl (C=O) groups excluding carboxylic acids is 1. The summed E-state index contributed by atoms with van der Waals surface area (Å²) in [5, 5.41) is 11.7. The van der Waals surface area contributed by atoms with Gasteiger partial charge in [-0.1, -0.05) is 0 Å². The van der Waals surface area contributed by atoms with Gasteiger partial charge in [0.25, 0.3) is 0 Å². The number of carbonyl (C=O) groups is 2. The zero-order chi connectivity index (χ0) is 12.8. The predicted molar refractivity (Wildman–Crippen MR) is 60.6 cm³/mol. The largest absolute Gasteiger partial charge is 0.480 e. The fraction of sp³-hybridized carbons (Fsp3) is 0.800. The molecule has 1 rings (SSSR count). The highest BCUT2D eigenvalue weighted by Gasteiger charge is 2.39. The second-order valence-corrected chi connectivity index (χ2v) is 3.97. The predicted octanol–water partition coefficient (Wildman–Crippen LogP) is -0.781. The zero-order valence-corrected chi connectivity index (χ0v) is 9.89. The second kappa shape index (κ2) is 6.41. The van der Waals surface area contributed by atoms with E-state index in [0.29, 0.717) is 32.5 Å². The van der Waals surface area contributed by atoms with Crippen molar-refractivity contribution in [2.75, 3.05) is 26.7 Å². The Balaban J connectivity index is 2.54. The van der Waals surface area contributed by atoms with Gasteiger partial charge in [0, 0.05) is 26.6 Å². The number of nitrogens with zero attached hydrogens (tertiary/aromatic N) is 1. The van der Waals surface area contributed by atoms with E-state index in [0.717, 1.165) is 0 Å². The Bertz CT molecular complexity index is 285. The van der Waals surface area contributed by atoms with Crippen LogP contribution in [-0.4, -0.2) is 60.9 Å². The standard InChI is InChI=1S/C10H19N3O4/c1-17-7-5-8(9(14)15)13(6-7)10(16)12-4-2-3-11/h7-8H,2-6,11H2,1H3,(H,12,16)(H,14,15). The highest BCUT2D eigenvalue weighted by atomic mass is 16.5. The van der Waals surface area contributed by atoms with Crippen LogP contribution in [0.3, 0.4) is 0 Å². The molecule has 7 nitrogen and oxygen atoms in total. The fourth-order valence-corrected chi connectivity index (χ4v) is 1.83. The summed E-state index contributed by atoms with van der Waals surface area (Å²) in [6.45, 7) is 1.25. The van der Waals surface area contributed by atoms with Crippen LogP contribution in [0.1, 0.15) is 12.8 Å². The third-order valence-corrected chi connectivity index (χ3v) is 2.80. The minimum absolute atomic E-state index is 0.212. The summed E-state index contributed by atoms with van der Waals surface area (Å²) in [4.78, 5) is 24.1. The van der Waals surface area contributed by atoms with E-state index in [-0.39, 0.29) is 12.1 Å². The topological polar surface area (TPSA) is 105 Å². The van der Waals surface area contributed by atoms with Crippen molar-refractivity contribution < 1.29 is 19.4 Å². The number of ether oxygens (including phenoxy) is 1. The summed E-state index contributed by atoms with van der Waals surface area (Å²) < 4.78 is 5.09. The first-order valence-corrected chi connectivity index (χ1v) is 5.60. The molecule has 2 atom stereocenters. The molecule has 0 saturated carbocycles. The lowest BCUT2D eigenvalue weighted by Crippen LogP contribution is -2.46. The Morgan fingerprint density at radius 1 is 1.59 bits per heavy atom. The molecule has 2 amide bonds. The molecule has 0 spiro atoms. The third kappa shape index (κ3) is 3.57. The maximum absolute atomic E-state index is 11.8. The number of aliphatic carboxylic acids is 1. The Morgan fingerprint density at radius 2 is 2.29 bits per heavy atom. The quantitative estimate of drug-likeness (QED) is 0.551. The van der Waals surface area contributed by atoms with Crippen LogP contribution in [0.25, 0.3) is 0 Å². The van der Waals surface area contributed by atoms with Gasteiger partial charge in [0.15, 0.2) is 0 Å². The van der Waals surface area contributed by atoms with E-state index in [1.807, 2.05) is 0 Å². The third-order valence-electron chi connectivity index (χ3n) is 2.80. The van der Waals surface area contributed by atoms with E-state index < -0.39 is 12.0 Å². The molecule has 1 fully saturated rings. The average molecular weight is 245 g/mol. The number of likely N-dealkylation sites (tertiary alicyclic amines) is 1. The highest BCUT2D eigenvalue weighted by molar-refractivity contribution is 5.83. The van der Waals surface area contributed by atoms with E-state index in [1.165, 1.54) is 12.0 Å². The number of nitrogens with one attached hydrogen (secondary N) is 1. The van der Waals surface area contributed by atoms with Crippen LogP contribution in [0.4, 0.5) is 4.79 Å². The molecule has 1 aliphatic heterocycles. The van der Waals surface area contributed by atoms with Crippen molar-refractivity contribution in [3.8, 4) is 0 Å². The summed E-state index contributed by atoms with van der Waals surface area (Å²) in [5.41, 5.74) is 5.31. The number of nitrogens with two attached hydrogens (primary N) is 1. The molecule has 0 bridgehead atoms. The zero-order valence-electron chi connectivity index (χ0n) is 9.89. The molecule has 1 saturated heterocycles. The van der Waals surface area contributed by atoms with Gasteiger partial charge >= 0.3 is 12.0 Å². The number of carboxylic acid groups (broad SMARTS) is 1. The molecule has 98 valence electrons. The molecular formula is C10H19N3O4. The molecule has 2 unspecified atom stereocenters. The fourth-order valence-electron chi connectivity index (χ4n) is 1.83. The van der Waals surface area contributed by atoms with Crippen LogP contribution in [0.2, 0.25) is 0 Å². The normalized spacial score (nSPS) is 23.8. The molecule has 1 aliphatic rings. The maximum atomic E-state index is 11.8. The summed E-state index contributed by atoms with van der Waals surface area (Å²) in [5.74, 6) is -1.00. The summed E-state index contributed by atoms with van der Waals surface area (Å²) in [6.07, 6.45) is 0.789. The van der Waals surface area contributed by atoms with Gasteiger partial charge in [-0.05, 0) is 13.0 Å². The van der Waals surface area contributed by atoms with Crippen LogP contribution in [0, 0.1) is 0 Å². The smallest absolute Gasteiger partial charge is 0.326 e. The van der Waals surface area contributed by atoms with Gasteiger partial charge in [0.2, 0.25) is 0 Å². The Morgan fingerprint density at radius 3 is 2.82 bits per heavy atom. The number of rotatable bonds is 5. The first kappa shape index (κ1) is 13.7. The number of amides is 2. The summed E-state index contributed by atoms with van der Waals surface area (Å²) in [6, 6.07) is -1.18. The van der Waals surface area contributed by atoms with Crippen molar-refractivity contribution in [2.24, 2.45) is 5.73 Å². The van der Waals surface area contributed by atoms with Crippen LogP contribution in [0.5, 0.6) is 0 Å². The molecule has 17 heavy (non-hydrogen) atoms. The van der Waals surface area contributed by atoms with Gasteiger partial charge in [-0.3, -0.25) is 0 Å².